The quantitative estimate of drug-likeness (QED) is 0.809. The lowest BCUT2D eigenvalue weighted by Crippen LogP contribution is -2.33. The number of aliphatic carboxylic acids is 1. The van der Waals surface area contributed by atoms with Crippen molar-refractivity contribution in [1.29, 1.82) is 0 Å². The van der Waals surface area contributed by atoms with Gasteiger partial charge in [-0.3, -0.25) is 9.59 Å². The molecule has 0 spiro atoms. The molecule has 1 aromatic rings. The van der Waals surface area contributed by atoms with Crippen molar-refractivity contribution in [2.75, 3.05) is 6.54 Å². The van der Waals surface area contributed by atoms with Crippen LogP contribution in [0.25, 0.3) is 0 Å². The maximum absolute atomic E-state index is 12.6. The van der Waals surface area contributed by atoms with E-state index in [9.17, 15) is 14.0 Å². The highest BCUT2D eigenvalue weighted by atomic mass is 19.1. The Morgan fingerprint density at radius 3 is 2.44 bits per heavy atom. The molecule has 0 saturated heterocycles. The zero-order valence-corrected chi connectivity index (χ0v) is 10.1. The van der Waals surface area contributed by atoms with Gasteiger partial charge in [-0.15, -0.1) is 0 Å². The standard InChI is InChI=1S/C13H16FNO3/c1-2-10(13(17)18)8-15-12(16)7-9-3-5-11(14)6-4-9/h3-6,10H,2,7-8H2,1H3,(H,15,16)(H,17,18). The number of amides is 1. The van der Waals surface area contributed by atoms with Gasteiger partial charge in [-0.2, -0.15) is 0 Å². The summed E-state index contributed by atoms with van der Waals surface area (Å²) in [6.45, 7) is 1.87. The van der Waals surface area contributed by atoms with E-state index in [2.05, 4.69) is 5.32 Å². The molecule has 1 amide bonds. The second-order valence-electron chi connectivity index (χ2n) is 4.05. The first kappa shape index (κ1) is 14.2. The average Bonchev–Trinajstić information content (AvgIpc) is 2.32. The van der Waals surface area contributed by atoms with Crippen molar-refractivity contribution in [3.63, 3.8) is 0 Å². The molecule has 1 rings (SSSR count). The number of hydrogen-bond donors (Lipinski definition) is 2. The average molecular weight is 253 g/mol. The summed E-state index contributed by atoms with van der Waals surface area (Å²) in [7, 11) is 0. The van der Waals surface area contributed by atoms with Crippen molar-refractivity contribution >= 4 is 11.9 Å². The van der Waals surface area contributed by atoms with Crippen molar-refractivity contribution in [2.45, 2.75) is 19.8 Å². The van der Waals surface area contributed by atoms with Crippen molar-refractivity contribution in [3.05, 3.63) is 35.6 Å². The van der Waals surface area contributed by atoms with Gasteiger partial charge in [0, 0.05) is 6.54 Å². The first-order valence-electron chi connectivity index (χ1n) is 5.77. The summed E-state index contributed by atoms with van der Waals surface area (Å²) in [4.78, 5) is 22.3. The highest BCUT2D eigenvalue weighted by Crippen LogP contribution is 2.04. The van der Waals surface area contributed by atoms with E-state index in [-0.39, 0.29) is 24.7 Å². The first-order valence-corrected chi connectivity index (χ1v) is 5.77. The Bertz CT molecular complexity index is 417. The highest BCUT2D eigenvalue weighted by molar-refractivity contribution is 5.79. The van der Waals surface area contributed by atoms with Crippen molar-refractivity contribution < 1.29 is 19.1 Å². The van der Waals surface area contributed by atoms with Crippen LogP contribution in [0.15, 0.2) is 24.3 Å². The second kappa shape index (κ2) is 6.74. The molecule has 1 unspecified atom stereocenters. The SMILES string of the molecule is CCC(CNC(=O)Cc1ccc(F)cc1)C(=O)O. The number of halogens is 1. The van der Waals surface area contributed by atoms with E-state index >= 15 is 0 Å². The summed E-state index contributed by atoms with van der Waals surface area (Å²) in [5, 5.41) is 11.4. The van der Waals surface area contributed by atoms with Crippen LogP contribution in [0, 0.1) is 11.7 Å². The zero-order chi connectivity index (χ0) is 13.5. The van der Waals surface area contributed by atoms with Crippen LogP contribution in [0.4, 0.5) is 4.39 Å². The monoisotopic (exact) mass is 253 g/mol. The fourth-order valence-electron chi connectivity index (χ4n) is 1.49. The lowest BCUT2D eigenvalue weighted by atomic mass is 10.1. The highest BCUT2D eigenvalue weighted by Gasteiger charge is 2.15. The molecule has 0 fully saturated rings. The Morgan fingerprint density at radius 2 is 1.94 bits per heavy atom. The van der Waals surface area contributed by atoms with E-state index in [4.69, 9.17) is 5.11 Å². The van der Waals surface area contributed by atoms with E-state index < -0.39 is 11.9 Å². The number of carboxylic acids is 1. The first-order chi connectivity index (χ1) is 8.52. The minimum atomic E-state index is -0.917. The van der Waals surface area contributed by atoms with E-state index in [0.717, 1.165) is 0 Å². The van der Waals surface area contributed by atoms with Gasteiger partial charge in [0.1, 0.15) is 5.82 Å². The number of carbonyl (C=O) groups excluding carboxylic acids is 1. The summed E-state index contributed by atoms with van der Waals surface area (Å²) in [5.41, 5.74) is 0.692. The Balaban J connectivity index is 2.42. The van der Waals surface area contributed by atoms with Gasteiger partial charge in [-0.05, 0) is 24.1 Å². The molecule has 0 aliphatic rings. The molecule has 0 aromatic heterocycles. The number of benzene rings is 1. The molecule has 98 valence electrons. The predicted molar refractivity (Wildman–Crippen MR) is 64.5 cm³/mol. The van der Waals surface area contributed by atoms with E-state index in [1.165, 1.54) is 24.3 Å². The van der Waals surface area contributed by atoms with Crippen LogP contribution < -0.4 is 5.32 Å². The van der Waals surface area contributed by atoms with Crippen LogP contribution in [0.5, 0.6) is 0 Å². The van der Waals surface area contributed by atoms with Gasteiger partial charge in [0.05, 0.1) is 12.3 Å². The van der Waals surface area contributed by atoms with Crippen LogP contribution in [-0.2, 0) is 16.0 Å². The molecule has 1 aromatic carbocycles. The smallest absolute Gasteiger partial charge is 0.308 e. The molecule has 0 saturated carbocycles. The summed E-state index contributed by atoms with van der Waals surface area (Å²) in [6.07, 6.45) is 0.586. The molecule has 5 heteroatoms. The molecular formula is C13H16FNO3. The third-order valence-electron chi connectivity index (χ3n) is 2.67. The number of carboxylic acid groups (broad SMARTS) is 1. The van der Waals surface area contributed by atoms with Crippen LogP contribution in [0.2, 0.25) is 0 Å². The third-order valence-corrected chi connectivity index (χ3v) is 2.67. The van der Waals surface area contributed by atoms with Gasteiger partial charge < -0.3 is 10.4 Å². The van der Waals surface area contributed by atoms with Gasteiger partial charge in [0.2, 0.25) is 5.91 Å². The van der Waals surface area contributed by atoms with Gasteiger partial charge in [-0.25, -0.2) is 4.39 Å². The van der Waals surface area contributed by atoms with Gasteiger partial charge >= 0.3 is 5.97 Å². The van der Waals surface area contributed by atoms with Crippen LogP contribution in [0.1, 0.15) is 18.9 Å². The number of hydrogen-bond acceptors (Lipinski definition) is 2. The summed E-state index contributed by atoms with van der Waals surface area (Å²) in [5.74, 6) is -2.10. The number of rotatable bonds is 6. The molecule has 0 bridgehead atoms. The Kier molecular flexibility index (Phi) is 5.30. The van der Waals surface area contributed by atoms with Crippen molar-refractivity contribution in [3.8, 4) is 0 Å². The third kappa shape index (κ3) is 4.53. The molecule has 0 heterocycles. The fraction of sp³-hybridized carbons (Fsp3) is 0.385. The second-order valence-corrected chi connectivity index (χ2v) is 4.05. The number of nitrogens with one attached hydrogen (secondary N) is 1. The lowest BCUT2D eigenvalue weighted by Gasteiger charge is -2.11. The van der Waals surface area contributed by atoms with E-state index in [1.54, 1.807) is 6.92 Å². The van der Waals surface area contributed by atoms with Crippen molar-refractivity contribution in [2.24, 2.45) is 5.92 Å². The van der Waals surface area contributed by atoms with Crippen LogP contribution in [0.3, 0.4) is 0 Å². The minimum absolute atomic E-state index is 0.117. The summed E-state index contributed by atoms with van der Waals surface area (Å²) in [6, 6.07) is 5.64. The number of carbonyl (C=O) groups is 2. The Labute approximate surface area is 105 Å². The maximum Gasteiger partial charge on any atom is 0.308 e. The van der Waals surface area contributed by atoms with Crippen molar-refractivity contribution in [1.82, 2.24) is 5.32 Å². The summed E-state index contributed by atoms with van der Waals surface area (Å²) >= 11 is 0. The van der Waals surface area contributed by atoms with Crippen LogP contribution in [-0.4, -0.2) is 23.5 Å². The molecule has 18 heavy (non-hydrogen) atoms. The van der Waals surface area contributed by atoms with E-state index in [1.807, 2.05) is 0 Å². The topological polar surface area (TPSA) is 66.4 Å². The lowest BCUT2D eigenvalue weighted by molar-refractivity contribution is -0.141. The van der Waals surface area contributed by atoms with Gasteiger partial charge in [-0.1, -0.05) is 19.1 Å². The molecule has 0 aliphatic heterocycles. The minimum Gasteiger partial charge on any atom is -0.481 e. The largest absolute Gasteiger partial charge is 0.481 e. The van der Waals surface area contributed by atoms with Gasteiger partial charge in [0.15, 0.2) is 0 Å². The fourth-order valence-corrected chi connectivity index (χ4v) is 1.49. The Morgan fingerprint density at radius 1 is 1.33 bits per heavy atom. The van der Waals surface area contributed by atoms with E-state index in [0.29, 0.717) is 12.0 Å². The zero-order valence-electron chi connectivity index (χ0n) is 10.1. The Hall–Kier alpha value is -1.91. The molecule has 0 aliphatic carbocycles. The predicted octanol–water partition coefficient (Wildman–Crippen LogP) is 1.60. The normalized spacial score (nSPS) is 11.9. The molecule has 1 atom stereocenters. The molecule has 4 nitrogen and oxygen atoms in total. The molecule has 0 radical (unpaired) electrons. The molecular weight excluding hydrogens is 237 g/mol. The summed E-state index contributed by atoms with van der Waals surface area (Å²) < 4.78 is 12.6. The van der Waals surface area contributed by atoms with Crippen LogP contribution >= 0.6 is 0 Å². The van der Waals surface area contributed by atoms with Gasteiger partial charge in [0.25, 0.3) is 0 Å². The maximum atomic E-state index is 12.6. The molecule has 2 N–H and O–H groups in total.